The molecule has 0 saturated heterocycles. The van der Waals surface area contributed by atoms with Crippen LogP contribution in [0.2, 0.25) is 0 Å². The van der Waals surface area contributed by atoms with Crippen LogP contribution in [0.4, 0.5) is 11.5 Å². The van der Waals surface area contributed by atoms with Gasteiger partial charge in [0.2, 0.25) is 0 Å². The highest BCUT2D eigenvalue weighted by Crippen LogP contribution is 2.33. The van der Waals surface area contributed by atoms with Gasteiger partial charge in [-0.1, -0.05) is 0 Å². The molecule has 3 aromatic heterocycles. The molecule has 8 heteroatoms. The minimum atomic E-state index is 0.693. The van der Waals surface area contributed by atoms with Gasteiger partial charge in [-0.25, -0.2) is 15.0 Å². The van der Waals surface area contributed by atoms with Crippen LogP contribution in [0.15, 0.2) is 59.3 Å². The lowest BCUT2D eigenvalue weighted by molar-refractivity contribution is 0.405. The molecule has 0 unspecified atom stereocenters. The van der Waals surface area contributed by atoms with E-state index in [1.807, 2.05) is 46.8 Å². The van der Waals surface area contributed by atoms with Crippen molar-refractivity contribution in [2.24, 2.45) is 0 Å². The average molecular weight is 434 g/mol. The number of aromatic nitrogens is 4. The number of hydrogen-bond acceptors (Lipinski definition) is 7. The molecule has 30 heavy (non-hydrogen) atoms. The van der Waals surface area contributed by atoms with Crippen molar-refractivity contribution in [3.63, 3.8) is 0 Å². The Kier molecular flexibility index (Phi) is 4.80. The molecule has 6 nitrogen and oxygen atoms in total. The molecular weight excluding hydrogens is 414 g/mol. The van der Waals surface area contributed by atoms with Crippen molar-refractivity contribution in [2.75, 3.05) is 18.7 Å². The molecule has 5 rings (SSSR count). The number of methoxy groups -OCH3 is 1. The largest absolute Gasteiger partial charge is 0.496 e. The van der Waals surface area contributed by atoms with Gasteiger partial charge in [-0.2, -0.15) is 0 Å². The second kappa shape index (κ2) is 7.62. The summed E-state index contributed by atoms with van der Waals surface area (Å²) < 4.78 is 8.67. The smallest absolute Gasteiger partial charge is 0.180 e. The Morgan fingerprint density at radius 2 is 2.07 bits per heavy atom. The van der Waals surface area contributed by atoms with Crippen LogP contribution in [0, 0.1) is 6.92 Å². The van der Waals surface area contributed by atoms with Crippen LogP contribution in [-0.2, 0) is 0 Å². The molecule has 0 aliphatic rings. The fourth-order valence-electron chi connectivity index (χ4n) is 3.49. The van der Waals surface area contributed by atoms with Crippen LogP contribution in [0.3, 0.4) is 0 Å². The molecule has 0 spiro atoms. The van der Waals surface area contributed by atoms with E-state index < -0.39 is 0 Å². The Balaban J connectivity index is 1.61. The molecule has 0 aliphatic carbocycles. The molecule has 2 aromatic carbocycles. The number of aryl methyl sites for hydroxylation is 1. The molecule has 0 fully saturated rings. The van der Waals surface area contributed by atoms with Crippen LogP contribution in [-0.4, -0.2) is 32.7 Å². The van der Waals surface area contributed by atoms with Gasteiger partial charge in [0.1, 0.15) is 5.75 Å². The number of nitrogens with zero attached hydrogens (tertiary/aromatic N) is 4. The maximum atomic E-state index is 5.52. The number of hydrogen-bond donors (Lipinski definition) is 1. The first-order valence-corrected chi connectivity index (χ1v) is 11.4. The van der Waals surface area contributed by atoms with Crippen molar-refractivity contribution in [1.29, 1.82) is 0 Å². The number of ether oxygens (including phenoxy) is 1. The number of benzene rings is 2. The van der Waals surface area contributed by atoms with E-state index in [1.54, 1.807) is 36.4 Å². The molecule has 3 heterocycles. The Hall–Kier alpha value is -3.10. The minimum absolute atomic E-state index is 0.693. The van der Waals surface area contributed by atoms with Gasteiger partial charge < -0.3 is 14.5 Å². The zero-order chi connectivity index (χ0) is 20.7. The summed E-state index contributed by atoms with van der Waals surface area (Å²) in [5.74, 6) is 1.52. The van der Waals surface area contributed by atoms with Crippen molar-refractivity contribution in [3.8, 4) is 17.0 Å². The van der Waals surface area contributed by atoms with E-state index in [0.29, 0.717) is 5.82 Å². The number of fused-ring (bicyclic) bond motifs is 2. The summed E-state index contributed by atoms with van der Waals surface area (Å²) in [4.78, 5) is 14.9. The third-order valence-corrected chi connectivity index (χ3v) is 6.50. The summed E-state index contributed by atoms with van der Waals surface area (Å²) in [6, 6.07) is 10.3. The van der Waals surface area contributed by atoms with E-state index in [0.717, 1.165) is 49.0 Å². The number of nitrogens with one attached hydrogen (secondary N) is 1. The van der Waals surface area contributed by atoms with Crippen molar-refractivity contribution < 1.29 is 4.74 Å². The van der Waals surface area contributed by atoms with E-state index in [4.69, 9.17) is 9.72 Å². The molecule has 0 atom stereocenters. The first-order chi connectivity index (χ1) is 14.7. The predicted molar refractivity (Wildman–Crippen MR) is 124 cm³/mol. The normalized spacial score (nSPS) is 11.3. The van der Waals surface area contributed by atoms with Gasteiger partial charge in [0.15, 0.2) is 11.5 Å². The summed E-state index contributed by atoms with van der Waals surface area (Å²) in [5.41, 5.74) is 7.66. The van der Waals surface area contributed by atoms with Gasteiger partial charge in [-0.3, -0.25) is 0 Å². The maximum absolute atomic E-state index is 5.52. The lowest BCUT2D eigenvalue weighted by Crippen LogP contribution is -2.01. The highest BCUT2D eigenvalue weighted by Gasteiger charge is 2.13. The standard InChI is InChI=1S/C22H19N5OS2/c1-13-8-14(9-19-20(13)24-12-30-19)16-11-27-7-6-23-22(27)21(26-16)25-15-4-5-18(29-3)17(10-15)28-2/h4-12H,1-3H3,(H,25,26). The molecule has 0 aliphatic heterocycles. The second-order valence-corrected chi connectivity index (χ2v) is 8.55. The topological polar surface area (TPSA) is 64.3 Å². The van der Waals surface area contributed by atoms with Crippen molar-refractivity contribution in [2.45, 2.75) is 11.8 Å². The van der Waals surface area contributed by atoms with E-state index in [9.17, 15) is 0 Å². The highest BCUT2D eigenvalue weighted by atomic mass is 32.2. The van der Waals surface area contributed by atoms with E-state index in [1.165, 1.54) is 0 Å². The number of imidazole rings is 1. The first kappa shape index (κ1) is 18.9. The molecule has 0 bridgehead atoms. The predicted octanol–water partition coefficient (Wildman–Crippen LogP) is 5.79. The average Bonchev–Trinajstić information content (AvgIpc) is 3.43. The molecule has 0 radical (unpaired) electrons. The summed E-state index contributed by atoms with van der Waals surface area (Å²) in [6.07, 6.45) is 7.75. The molecule has 150 valence electrons. The summed E-state index contributed by atoms with van der Waals surface area (Å²) in [5, 5.41) is 3.42. The van der Waals surface area contributed by atoms with Gasteiger partial charge in [-0.15, -0.1) is 23.1 Å². The monoisotopic (exact) mass is 433 g/mol. The lowest BCUT2D eigenvalue weighted by Gasteiger charge is -2.13. The number of anilines is 2. The zero-order valence-corrected chi connectivity index (χ0v) is 18.3. The summed E-state index contributed by atoms with van der Waals surface area (Å²) in [6.45, 7) is 2.08. The quantitative estimate of drug-likeness (QED) is 0.354. The zero-order valence-electron chi connectivity index (χ0n) is 16.7. The highest BCUT2D eigenvalue weighted by molar-refractivity contribution is 7.98. The molecule has 0 saturated carbocycles. The molecule has 5 aromatic rings. The van der Waals surface area contributed by atoms with Crippen molar-refractivity contribution in [1.82, 2.24) is 19.4 Å². The van der Waals surface area contributed by atoms with Gasteiger partial charge in [-0.05, 0) is 43.0 Å². The Morgan fingerprint density at radius 3 is 2.90 bits per heavy atom. The molecular formula is C22H19N5OS2. The SMILES string of the molecule is COc1cc(Nc2nc(-c3cc(C)c4ncsc4c3)cn3ccnc23)ccc1SC. The van der Waals surface area contributed by atoms with Gasteiger partial charge in [0, 0.05) is 40.8 Å². The van der Waals surface area contributed by atoms with E-state index in [-0.39, 0.29) is 0 Å². The van der Waals surface area contributed by atoms with Crippen LogP contribution in [0.1, 0.15) is 5.56 Å². The Morgan fingerprint density at radius 1 is 1.17 bits per heavy atom. The van der Waals surface area contributed by atoms with Crippen LogP contribution in [0.5, 0.6) is 5.75 Å². The summed E-state index contributed by atoms with van der Waals surface area (Å²) >= 11 is 3.29. The molecule has 1 N–H and O–H groups in total. The van der Waals surface area contributed by atoms with Crippen LogP contribution >= 0.6 is 23.1 Å². The van der Waals surface area contributed by atoms with Crippen molar-refractivity contribution >= 4 is 50.5 Å². The third kappa shape index (κ3) is 3.28. The lowest BCUT2D eigenvalue weighted by atomic mass is 10.1. The van der Waals surface area contributed by atoms with Gasteiger partial charge >= 0.3 is 0 Å². The van der Waals surface area contributed by atoms with E-state index >= 15 is 0 Å². The maximum Gasteiger partial charge on any atom is 0.180 e. The fourth-order valence-corrected chi connectivity index (χ4v) is 4.83. The number of thiazole rings is 1. The van der Waals surface area contributed by atoms with Crippen molar-refractivity contribution in [3.05, 3.63) is 60.0 Å². The van der Waals surface area contributed by atoms with Crippen LogP contribution in [0.25, 0.3) is 27.1 Å². The van der Waals surface area contributed by atoms with Crippen LogP contribution < -0.4 is 10.1 Å². The first-order valence-electron chi connectivity index (χ1n) is 9.33. The van der Waals surface area contributed by atoms with Gasteiger partial charge in [0.25, 0.3) is 0 Å². The second-order valence-electron chi connectivity index (χ2n) is 6.82. The molecule has 0 amide bonds. The minimum Gasteiger partial charge on any atom is -0.496 e. The summed E-state index contributed by atoms with van der Waals surface area (Å²) in [7, 11) is 1.68. The fraction of sp³-hybridized carbons (Fsp3) is 0.136. The number of thioether (sulfide) groups is 1. The van der Waals surface area contributed by atoms with Gasteiger partial charge in [0.05, 0.1) is 28.5 Å². The Labute approximate surface area is 182 Å². The third-order valence-electron chi connectivity index (χ3n) is 4.94. The van der Waals surface area contributed by atoms with E-state index in [2.05, 4.69) is 34.3 Å². The number of rotatable bonds is 5. The Bertz CT molecular complexity index is 1380.